The molecule has 1 heterocycles. The van der Waals surface area contributed by atoms with Gasteiger partial charge in [-0.2, -0.15) is 0 Å². The number of para-hydroxylation sites is 1. The maximum absolute atomic E-state index is 6.48. The first-order valence-corrected chi connectivity index (χ1v) is 23.9. The molecule has 0 radical (unpaired) electrons. The van der Waals surface area contributed by atoms with E-state index in [4.69, 9.17) is 4.42 Å². The number of furan rings is 1. The molecule has 0 aliphatic heterocycles. The molecule has 0 saturated heterocycles. The summed E-state index contributed by atoms with van der Waals surface area (Å²) in [6.45, 7) is 0. The lowest BCUT2D eigenvalue weighted by atomic mass is 9.50. The number of anilines is 3. The van der Waals surface area contributed by atoms with E-state index in [2.05, 4.69) is 132 Å². The molecule has 296 valence electrons. The molecular formula is C58H53NO. The second kappa shape index (κ2) is 11.8. The largest absolute Gasteiger partial charge is 0.456 e. The van der Waals surface area contributed by atoms with Gasteiger partial charge in [-0.05, 0) is 193 Å². The molecule has 1 aromatic heterocycles. The lowest BCUT2D eigenvalue weighted by molar-refractivity contribution is 0.0618. The molecular weight excluding hydrogens is 727 g/mol. The molecule has 6 aromatic carbocycles. The van der Waals surface area contributed by atoms with E-state index in [1.54, 1.807) is 22.3 Å². The van der Waals surface area contributed by atoms with E-state index >= 15 is 0 Å². The average Bonchev–Trinajstić information content (AvgIpc) is 3.76. The molecule has 8 fully saturated rings. The Kier molecular flexibility index (Phi) is 6.63. The van der Waals surface area contributed by atoms with Gasteiger partial charge in [0.15, 0.2) is 0 Å². The first-order chi connectivity index (χ1) is 29.7. The van der Waals surface area contributed by atoms with Crippen LogP contribution in [0.25, 0.3) is 44.2 Å². The van der Waals surface area contributed by atoms with Gasteiger partial charge in [0.05, 0.1) is 5.69 Å². The molecule has 8 saturated carbocycles. The SMILES string of the molecule is c1ccc2c(c1)-c1ccc(N(c3ccc4oc5ccccc5c4c3)c3cccc4c3-c3ccccc3C43C4CCC5CC(C4)CC3C5)cc1C21C2CCC3CC(C2)CC1C3. The Labute approximate surface area is 354 Å². The van der Waals surface area contributed by atoms with Crippen LogP contribution in [0.3, 0.4) is 0 Å². The zero-order valence-corrected chi connectivity index (χ0v) is 34.6. The molecule has 10 aliphatic rings. The maximum Gasteiger partial charge on any atom is 0.135 e. The zero-order chi connectivity index (χ0) is 38.9. The molecule has 10 atom stereocenters. The maximum atomic E-state index is 6.48. The summed E-state index contributed by atoms with van der Waals surface area (Å²) in [4.78, 5) is 2.70. The van der Waals surface area contributed by atoms with Crippen molar-refractivity contribution in [1.29, 1.82) is 0 Å². The highest BCUT2D eigenvalue weighted by Gasteiger charge is 2.61. The van der Waals surface area contributed by atoms with E-state index in [9.17, 15) is 0 Å². The predicted octanol–water partition coefficient (Wildman–Crippen LogP) is 15.3. The Hall–Kier alpha value is -5.08. The van der Waals surface area contributed by atoms with Gasteiger partial charge in [-0.25, -0.2) is 0 Å². The summed E-state index contributed by atoms with van der Waals surface area (Å²) in [5.41, 5.74) is 18.5. The fourth-order valence-electron chi connectivity index (χ4n) is 17.2. The average molecular weight is 780 g/mol. The van der Waals surface area contributed by atoms with Crippen molar-refractivity contribution in [2.75, 3.05) is 4.90 Å². The lowest BCUT2D eigenvalue weighted by Gasteiger charge is -2.53. The smallest absolute Gasteiger partial charge is 0.135 e. The second-order valence-electron chi connectivity index (χ2n) is 21.2. The van der Waals surface area contributed by atoms with Crippen LogP contribution < -0.4 is 4.90 Å². The molecule has 60 heavy (non-hydrogen) atoms. The van der Waals surface area contributed by atoms with E-state index in [1.165, 1.54) is 127 Å². The highest BCUT2D eigenvalue weighted by atomic mass is 16.3. The Morgan fingerprint density at radius 3 is 1.75 bits per heavy atom. The Morgan fingerprint density at radius 2 is 0.967 bits per heavy atom. The van der Waals surface area contributed by atoms with Crippen molar-refractivity contribution >= 4 is 39.0 Å². The molecule has 2 spiro atoms. The lowest BCUT2D eigenvalue weighted by Crippen LogP contribution is -2.48. The van der Waals surface area contributed by atoms with Crippen LogP contribution in [0.15, 0.2) is 132 Å². The van der Waals surface area contributed by atoms with E-state index in [-0.39, 0.29) is 10.8 Å². The summed E-state index contributed by atoms with van der Waals surface area (Å²) in [6.07, 6.45) is 16.9. The minimum atomic E-state index is 0.0952. The standard InChI is InChI=1S/C58H53NO/c1-4-11-49-44(8-1)45-22-20-43(33-52(45)58(49)39-19-17-35-25-37(29-39)31-41(58)27-35)59(42-21-23-55-48(32-42)46-9-3-6-15-54(46)60-55)53-14-7-13-51-56(53)47-10-2-5-12-50(47)57(51)38-18-16-34-24-36(28-38)30-40(57)26-34/h1-15,20-23,32-41H,16-19,24-31H2. The van der Waals surface area contributed by atoms with Crippen molar-refractivity contribution in [1.82, 2.24) is 0 Å². The van der Waals surface area contributed by atoms with Gasteiger partial charge in [0.1, 0.15) is 11.2 Å². The molecule has 0 amide bonds. The van der Waals surface area contributed by atoms with Gasteiger partial charge in [0.2, 0.25) is 0 Å². The number of hydrogen-bond acceptors (Lipinski definition) is 2. The number of nitrogens with zero attached hydrogens (tertiary/aromatic N) is 1. The fourth-order valence-corrected chi connectivity index (χ4v) is 17.2. The van der Waals surface area contributed by atoms with Gasteiger partial charge in [-0.3, -0.25) is 0 Å². The third-order valence-corrected chi connectivity index (χ3v) is 18.8. The summed E-state index contributed by atoms with van der Waals surface area (Å²) in [5, 5.41) is 2.38. The van der Waals surface area contributed by atoms with Gasteiger partial charge in [0, 0.05) is 38.5 Å². The van der Waals surface area contributed by atoms with Crippen LogP contribution in [0.1, 0.15) is 99.3 Å². The Morgan fingerprint density at radius 1 is 0.400 bits per heavy atom. The molecule has 10 aliphatic carbocycles. The number of rotatable bonds is 3. The van der Waals surface area contributed by atoms with Crippen LogP contribution in [0, 0.1) is 47.3 Å². The summed E-state index contributed by atoms with van der Waals surface area (Å²) in [5.74, 6) is 6.50. The number of hydrogen-bond donors (Lipinski definition) is 0. The molecule has 10 unspecified atom stereocenters. The topological polar surface area (TPSA) is 16.4 Å². The summed E-state index contributed by atoms with van der Waals surface area (Å²) in [7, 11) is 0. The van der Waals surface area contributed by atoms with Crippen molar-refractivity contribution in [3.8, 4) is 22.3 Å². The molecule has 2 heteroatoms. The van der Waals surface area contributed by atoms with Crippen LogP contribution in [-0.2, 0) is 10.8 Å². The molecule has 2 nitrogen and oxygen atoms in total. The third kappa shape index (κ3) is 4.13. The summed E-state index contributed by atoms with van der Waals surface area (Å²) < 4.78 is 6.48. The Balaban J connectivity index is 0.999. The molecule has 7 aromatic rings. The van der Waals surface area contributed by atoms with Gasteiger partial charge in [0.25, 0.3) is 0 Å². The normalized spacial score (nSPS) is 33.3. The van der Waals surface area contributed by atoms with E-state index in [1.807, 2.05) is 0 Å². The zero-order valence-electron chi connectivity index (χ0n) is 34.6. The fraction of sp³-hybridized carbons (Fsp3) is 0.379. The summed E-state index contributed by atoms with van der Waals surface area (Å²) >= 11 is 0. The predicted molar refractivity (Wildman–Crippen MR) is 244 cm³/mol. The van der Waals surface area contributed by atoms with Gasteiger partial charge in [-0.1, -0.05) is 97.8 Å². The van der Waals surface area contributed by atoms with Crippen LogP contribution in [-0.4, -0.2) is 0 Å². The molecule has 8 bridgehead atoms. The van der Waals surface area contributed by atoms with Crippen LogP contribution >= 0.6 is 0 Å². The minimum absolute atomic E-state index is 0.0952. The second-order valence-corrected chi connectivity index (χ2v) is 21.2. The Bertz CT molecular complexity index is 2930. The van der Waals surface area contributed by atoms with Crippen LogP contribution in [0.4, 0.5) is 17.1 Å². The molecule has 0 N–H and O–H groups in total. The van der Waals surface area contributed by atoms with E-state index < -0.39 is 0 Å². The quantitative estimate of drug-likeness (QED) is 0.178. The van der Waals surface area contributed by atoms with Crippen LogP contribution in [0.2, 0.25) is 0 Å². The highest BCUT2D eigenvalue weighted by molar-refractivity contribution is 6.07. The van der Waals surface area contributed by atoms with Crippen molar-refractivity contribution in [3.05, 3.63) is 150 Å². The van der Waals surface area contributed by atoms with Gasteiger partial charge < -0.3 is 9.32 Å². The molecule has 17 rings (SSSR count). The van der Waals surface area contributed by atoms with Crippen molar-refractivity contribution in [3.63, 3.8) is 0 Å². The summed E-state index contributed by atoms with van der Waals surface area (Å²) in [6, 6.07) is 50.2. The van der Waals surface area contributed by atoms with Crippen LogP contribution in [0.5, 0.6) is 0 Å². The van der Waals surface area contributed by atoms with Gasteiger partial charge in [-0.15, -0.1) is 0 Å². The van der Waals surface area contributed by atoms with Crippen molar-refractivity contribution in [2.24, 2.45) is 47.3 Å². The highest BCUT2D eigenvalue weighted by Crippen LogP contribution is 2.70. The van der Waals surface area contributed by atoms with E-state index in [0.717, 1.165) is 46.7 Å². The number of benzene rings is 6. The first-order valence-electron chi connectivity index (χ1n) is 23.9. The number of fused-ring (bicyclic) bond motifs is 11. The van der Waals surface area contributed by atoms with Crippen molar-refractivity contribution < 1.29 is 4.42 Å². The monoisotopic (exact) mass is 779 g/mol. The van der Waals surface area contributed by atoms with Gasteiger partial charge >= 0.3 is 0 Å². The first kappa shape index (κ1) is 33.6. The minimum Gasteiger partial charge on any atom is -0.456 e. The van der Waals surface area contributed by atoms with Crippen molar-refractivity contribution in [2.45, 2.75) is 87.9 Å². The third-order valence-electron chi connectivity index (χ3n) is 18.8. The van der Waals surface area contributed by atoms with E-state index in [0.29, 0.717) is 11.8 Å².